The molecule has 0 saturated heterocycles. The first kappa shape index (κ1) is 16.0. The van der Waals surface area contributed by atoms with Crippen LogP contribution in [0.2, 0.25) is 5.02 Å². The molecule has 120 valence electrons. The highest BCUT2D eigenvalue weighted by atomic mass is 35.5. The summed E-state index contributed by atoms with van der Waals surface area (Å²) in [4.78, 5) is 16.1. The minimum Gasteiger partial charge on any atom is -0.376 e. The van der Waals surface area contributed by atoms with Gasteiger partial charge in [-0.1, -0.05) is 35.9 Å². The van der Waals surface area contributed by atoms with E-state index in [0.29, 0.717) is 5.02 Å². The summed E-state index contributed by atoms with van der Waals surface area (Å²) in [5.74, 6) is -0.246. The lowest BCUT2D eigenvalue weighted by molar-refractivity contribution is -0.119. The minimum atomic E-state index is -0.246. The van der Waals surface area contributed by atoms with E-state index in [1.54, 1.807) is 24.5 Å². The van der Waals surface area contributed by atoms with Crippen LogP contribution >= 0.6 is 11.6 Å². The van der Waals surface area contributed by atoms with Gasteiger partial charge >= 0.3 is 0 Å². The van der Waals surface area contributed by atoms with Crippen molar-refractivity contribution in [2.75, 3.05) is 11.9 Å². The predicted octanol–water partition coefficient (Wildman–Crippen LogP) is 3.45. The lowest BCUT2D eigenvalue weighted by Gasteiger charge is -2.05. The summed E-state index contributed by atoms with van der Waals surface area (Å²) in [5.41, 5.74) is 5.05. The Balaban J connectivity index is 1.58. The largest absolute Gasteiger partial charge is 0.376 e. The molecule has 3 rings (SSSR count). The van der Waals surface area contributed by atoms with Crippen molar-refractivity contribution < 1.29 is 4.79 Å². The van der Waals surface area contributed by atoms with Gasteiger partial charge in [0.15, 0.2) is 0 Å². The van der Waals surface area contributed by atoms with Crippen LogP contribution in [0.1, 0.15) is 5.56 Å². The molecule has 0 atom stereocenters. The fourth-order valence-corrected chi connectivity index (χ4v) is 2.41. The molecule has 1 amide bonds. The molecule has 3 aromatic rings. The van der Waals surface area contributed by atoms with E-state index < -0.39 is 0 Å². The summed E-state index contributed by atoms with van der Waals surface area (Å²) in [6.07, 6.45) is 3.33. The smallest absolute Gasteiger partial charge is 0.259 e. The molecule has 0 radical (unpaired) electrons. The zero-order valence-electron chi connectivity index (χ0n) is 12.7. The molecule has 5 nitrogen and oxygen atoms in total. The van der Waals surface area contributed by atoms with E-state index in [4.69, 9.17) is 11.6 Å². The Labute approximate surface area is 144 Å². The van der Waals surface area contributed by atoms with Gasteiger partial charge in [0.1, 0.15) is 0 Å². The average Bonchev–Trinajstić information content (AvgIpc) is 2.60. The quantitative estimate of drug-likeness (QED) is 0.553. The molecular formula is C18H15ClN4O. The Bertz CT molecular complexity index is 890. The first-order valence-corrected chi connectivity index (χ1v) is 7.75. The van der Waals surface area contributed by atoms with Crippen LogP contribution in [-0.2, 0) is 4.79 Å². The highest BCUT2D eigenvalue weighted by Crippen LogP contribution is 2.15. The van der Waals surface area contributed by atoms with Gasteiger partial charge in [-0.3, -0.25) is 9.78 Å². The van der Waals surface area contributed by atoms with Crippen molar-refractivity contribution in [1.82, 2.24) is 10.4 Å². The molecule has 0 aliphatic rings. The molecule has 2 N–H and O–H groups in total. The third kappa shape index (κ3) is 4.08. The molecule has 0 bridgehead atoms. The first-order valence-electron chi connectivity index (χ1n) is 7.37. The lowest BCUT2D eigenvalue weighted by atomic mass is 10.1. The fourth-order valence-electron chi connectivity index (χ4n) is 2.22. The number of nitrogens with one attached hydrogen (secondary N) is 2. The van der Waals surface area contributed by atoms with Crippen molar-refractivity contribution in [2.45, 2.75) is 0 Å². The molecule has 6 heteroatoms. The minimum absolute atomic E-state index is 0.106. The number of carbonyl (C=O) groups is 1. The second kappa shape index (κ2) is 7.57. The summed E-state index contributed by atoms with van der Waals surface area (Å²) in [5, 5.41) is 8.58. The third-order valence-corrected chi connectivity index (χ3v) is 3.59. The van der Waals surface area contributed by atoms with Gasteiger partial charge < -0.3 is 5.32 Å². The fraction of sp³-hybridized carbons (Fsp3) is 0.0556. The Morgan fingerprint density at radius 2 is 2.04 bits per heavy atom. The number of nitrogens with zero attached hydrogens (tertiary/aromatic N) is 2. The summed E-state index contributed by atoms with van der Waals surface area (Å²) >= 11 is 5.89. The predicted molar refractivity (Wildman–Crippen MR) is 97.4 cm³/mol. The third-order valence-electron chi connectivity index (χ3n) is 3.35. The molecule has 0 spiro atoms. The van der Waals surface area contributed by atoms with Crippen LogP contribution in [0.5, 0.6) is 0 Å². The molecule has 0 unspecified atom stereocenters. The van der Waals surface area contributed by atoms with Crippen molar-refractivity contribution in [3.63, 3.8) is 0 Å². The van der Waals surface area contributed by atoms with Crippen molar-refractivity contribution in [1.29, 1.82) is 0 Å². The summed E-state index contributed by atoms with van der Waals surface area (Å²) in [7, 11) is 0. The average molecular weight is 339 g/mol. The van der Waals surface area contributed by atoms with E-state index >= 15 is 0 Å². The number of amides is 1. The molecule has 0 aliphatic heterocycles. The first-order chi connectivity index (χ1) is 11.7. The Morgan fingerprint density at radius 3 is 2.92 bits per heavy atom. The number of anilines is 1. The zero-order chi connectivity index (χ0) is 16.8. The Morgan fingerprint density at radius 1 is 1.17 bits per heavy atom. The molecule has 0 aliphatic carbocycles. The molecule has 1 heterocycles. The normalized spacial score (nSPS) is 10.9. The van der Waals surface area contributed by atoms with E-state index in [2.05, 4.69) is 20.8 Å². The van der Waals surface area contributed by atoms with Gasteiger partial charge in [-0.25, -0.2) is 5.43 Å². The molecule has 24 heavy (non-hydrogen) atoms. The highest BCUT2D eigenvalue weighted by molar-refractivity contribution is 6.30. The van der Waals surface area contributed by atoms with Crippen LogP contribution in [0.3, 0.4) is 0 Å². The van der Waals surface area contributed by atoms with Crippen LogP contribution < -0.4 is 10.7 Å². The summed E-state index contributed by atoms with van der Waals surface area (Å²) in [6, 6.07) is 16.8. The second-order valence-corrected chi connectivity index (χ2v) is 5.51. The number of para-hydroxylation sites is 1. The maximum Gasteiger partial charge on any atom is 0.259 e. The lowest BCUT2D eigenvalue weighted by Crippen LogP contribution is -2.25. The standard InChI is InChI=1S/C18H15ClN4O/c19-14-4-3-5-15(10-14)21-12-18(24)23-22-11-13-8-9-20-17-7-2-1-6-16(13)17/h1-11,21H,12H2,(H,23,24)/b22-11+. The maximum absolute atomic E-state index is 11.8. The van der Waals surface area contributed by atoms with Gasteiger partial charge in [-0.15, -0.1) is 0 Å². The Kier molecular flexibility index (Phi) is 5.03. The number of hydrogen-bond acceptors (Lipinski definition) is 4. The van der Waals surface area contributed by atoms with Gasteiger partial charge in [0.05, 0.1) is 18.3 Å². The van der Waals surface area contributed by atoms with E-state index in [1.165, 1.54) is 0 Å². The summed E-state index contributed by atoms with van der Waals surface area (Å²) < 4.78 is 0. The van der Waals surface area contributed by atoms with Gasteiger partial charge in [0.2, 0.25) is 0 Å². The van der Waals surface area contributed by atoms with Gasteiger partial charge in [-0.2, -0.15) is 5.10 Å². The van der Waals surface area contributed by atoms with Crippen LogP contribution in [0.25, 0.3) is 10.9 Å². The van der Waals surface area contributed by atoms with Crippen molar-refractivity contribution >= 4 is 40.3 Å². The summed E-state index contributed by atoms with van der Waals surface area (Å²) in [6.45, 7) is 0.106. The second-order valence-electron chi connectivity index (χ2n) is 5.07. The van der Waals surface area contributed by atoms with E-state index in [9.17, 15) is 4.79 Å². The van der Waals surface area contributed by atoms with Gasteiger partial charge in [0, 0.05) is 27.9 Å². The molecule has 2 aromatic carbocycles. The number of carbonyl (C=O) groups excluding carboxylic acids is 1. The van der Waals surface area contributed by atoms with Crippen LogP contribution in [0.15, 0.2) is 65.9 Å². The van der Waals surface area contributed by atoms with E-state index in [0.717, 1.165) is 22.2 Å². The van der Waals surface area contributed by atoms with Crippen LogP contribution in [0.4, 0.5) is 5.69 Å². The number of aromatic nitrogens is 1. The topological polar surface area (TPSA) is 66.4 Å². The number of halogens is 1. The Hall–Kier alpha value is -2.92. The van der Waals surface area contributed by atoms with Crippen LogP contribution in [0, 0.1) is 0 Å². The van der Waals surface area contributed by atoms with Gasteiger partial charge in [-0.05, 0) is 30.3 Å². The molecule has 0 fully saturated rings. The molecular weight excluding hydrogens is 324 g/mol. The number of hydrogen-bond donors (Lipinski definition) is 2. The number of pyridine rings is 1. The molecule has 0 saturated carbocycles. The van der Waals surface area contributed by atoms with Gasteiger partial charge in [0.25, 0.3) is 5.91 Å². The zero-order valence-corrected chi connectivity index (χ0v) is 13.5. The monoisotopic (exact) mass is 338 g/mol. The number of hydrazone groups is 1. The number of fused-ring (bicyclic) bond motifs is 1. The molecule has 1 aromatic heterocycles. The van der Waals surface area contributed by atoms with E-state index in [-0.39, 0.29) is 12.5 Å². The van der Waals surface area contributed by atoms with E-state index in [1.807, 2.05) is 42.5 Å². The van der Waals surface area contributed by atoms with Crippen LogP contribution in [-0.4, -0.2) is 23.7 Å². The van der Waals surface area contributed by atoms with Crippen molar-refractivity contribution in [3.05, 3.63) is 71.4 Å². The highest BCUT2D eigenvalue weighted by Gasteiger charge is 2.01. The number of rotatable bonds is 5. The number of benzene rings is 2. The maximum atomic E-state index is 11.8. The SMILES string of the molecule is O=C(CNc1cccc(Cl)c1)N/N=C/c1ccnc2ccccc12. The van der Waals surface area contributed by atoms with Crippen molar-refractivity contribution in [2.24, 2.45) is 5.10 Å². The van der Waals surface area contributed by atoms with Crippen molar-refractivity contribution in [3.8, 4) is 0 Å².